The number of aromatic nitrogens is 2. The van der Waals surface area contributed by atoms with Gasteiger partial charge in [0.15, 0.2) is 0 Å². The highest BCUT2D eigenvalue weighted by Gasteiger charge is 2.29. The third-order valence-electron chi connectivity index (χ3n) is 6.52. The van der Waals surface area contributed by atoms with Gasteiger partial charge in [-0.25, -0.2) is 13.8 Å². The van der Waals surface area contributed by atoms with E-state index in [4.69, 9.17) is 11.6 Å². The molecule has 180 valence electrons. The van der Waals surface area contributed by atoms with Gasteiger partial charge in [-0.2, -0.15) is 0 Å². The van der Waals surface area contributed by atoms with Crippen molar-refractivity contribution in [3.63, 3.8) is 0 Å². The lowest BCUT2D eigenvalue weighted by atomic mass is 9.87. The summed E-state index contributed by atoms with van der Waals surface area (Å²) in [6.45, 7) is 4.39. The maximum Gasteiger partial charge on any atom is 0.309 e. The summed E-state index contributed by atoms with van der Waals surface area (Å²) in [5, 5.41) is 9.70. The van der Waals surface area contributed by atoms with Crippen molar-refractivity contribution in [2.24, 2.45) is 5.41 Å². The summed E-state index contributed by atoms with van der Waals surface area (Å²) < 4.78 is 30.0. The molecule has 0 radical (unpaired) electrons. The first-order valence-corrected chi connectivity index (χ1v) is 11.6. The first-order valence-electron chi connectivity index (χ1n) is 11.2. The van der Waals surface area contributed by atoms with Crippen LogP contribution >= 0.6 is 11.6 Å². The molecule has 3 heterocycles. The lowest BCUT2D eigenvalue weighted by Crippen LogP contribution is -2.36. The maximum absolute atomic E-state index is 14.1. The molecule has 0 aliphatic carbocycles. The van der Waals surface area contributed by atoms with Crippen LogP contribution in [0.15, 0.2) is 30.5 Å². The van der Waals surface area contributed by atoms with Gasteiger partial charge >= 0.3 is 5.97 Å². The number of carbonyl (C=O) groups excluding carboxylic acids is 1. The minimum atomic E-state index is -0.880. The zero-order valence-electron chi connectivity index (χ0n) is 19.1. The van der Waals surface area contributed by atoms with Crippen LogP contribution in [0.3, 0.4) is 0 Å². The summed E-state index contributed by atoms with van der Waals surface area (Å²) in [4.78, 5) is 30.5. The minimum Gasteiger partial charge on any atom is -0.481 e. The zero-order chi connectivity index (χ0) is 24.6. The van der Waals surface area contributed by atoms with Crippen molar-refractivity contribution in [3.05, 3.63) is 63.9 Å². The lowest BCUT2D eigenvalue weighted by molar-refractivity contribution is -0.147. The number of rotatable bonds is 7. The van der Waals surface area contributed by atoms with Crippen molar-refractivity contribution in [1.82, 2.24) is 14.5 Å². The second-order valence-electron chi connectivity index (χ2n) is 9.37. The first-order chi connectivity index (χ1) is 16.1. The molecule has 0 spiro atoms. The van der Waals surface area contributed by atoms with Gasteiger partial charge in [0.2, 0.25) is 5.91 Å². The van der Waals surface area contributed by atoms with E-state index in [2.05, 4.69) is 4.98 Å². The number of amides is 1. The molecule has 1 amide bonds. The van der Waals surface area contributed by atoms with Crippen LogP contribution in [0, 0.1) is 17.0 Å². The Labute approximate surface area is 201 Å². The maximum atomic E-state index is 14.1. The number of halogens is 3. The molecule has 0 saturated heterocycles. The second-order valence-corrected chi connectivity index (χ2v) is 9.75. The van der Waals surface area contributed by atoms with Crippen LogP contribution in [0.1, 0.15) is 49.9 Å². The third-order valence-corrected chi connectivity index (χ3v) is 6.88. The second kappa shape index (κ2) is 9.33. The van der Waals surface area contributed by atoms with Crippen molar-refractivity contribution in [2.45, 2.75) is 52.6 Å². The van der Waals surface area contributed by atoms with E-state index in [0.717, 1.165) is 16.6 Å². The largest absolute Gasteiger partial charge is 0.481 e. The molecule has 1 aliphatic heterocycles. The summed E-state index contributed by atoms with van der Waals surface area (Å²) in [6.07, 6.45) is 3.46. The summed E-state index contributed by atoms with van der Waals surface area (Å²) in [7, 11) is 0. The van der Waals surface area contributed by atoms with Crippen LogP contribution in [0.25, 0.3) is 11.0 Å². The first kappa shape index (κ1) is 24.1. The van der Waals surface area contributed by atoms with Gasteiger partial charge in [0.1, 0.15) is 22.3 Å². The number of pyridine rings is 1. The fourth-order valence-corrected chi connectivity index (χ4v) is 4.58. The topological polar surface area (TPSA) is 75.4 Å². The average molecular weight is 490 g/mol. The van der Waals surface area contributed by atoms with E-state index in [1.165, 1.54) is 12.1 Å². The molecule has 0 bridgehead atoms. The number of carboxylic acids is 1. The molecule has 0 saturated carbocycles. The van der Waals surface area contributed by atoms with E-state index >= 15 is 0 Å². The Hall–Kier alpha value is -3.00. The fraction of sp³-hybridized carbons (Fsp3) is 0.400. The predicted octanol–water partition coefficient (Wildman–Crippen LogP) is 5.18. The van der Waals surface area contributed by atoms with Crippen molar-refractivity contribution in [2.75, 3.05) is 6.54 Å². The van der Waals surface area contributed by atoms with Gasteiger partial charge < -0.3 is 14.6 Å². The Balaban J connectivity index is 1.58. The van der Waals surface area contributed by atoms with Crippen LogP contribution in [0.5, 0.6) is 0 Å². The molecule has 3 aromatic rings. The van der Waals surface area contributed by atoms with Crippen LogP contribution in [-0.4, -0.2) is 38.0 Å². The van der Waals surface area contributed by atoms with E-state index in [0.29, 0.717) is 43.6 Å². The van der Waals surface area contributed by atoms with Crippen LogP contribution < -0.4 is 0 Å². The Morgan fingerprint density at radius 2 is 1.94 bits per heavy atom. The molecule has 2 aromatic heterocycles. The molecule has 1 aliphatic rings. The monoisotopic (exact) mass is 489 g/mol. The summed E-state index contributed by atoms with van der Waals surface area (Å²) in [5.74, 6) is -2.57. The Morgan fingerprint density at radius 1 is 1.24 bits per heavy atom. The van der Waals surface area contributed by atoms with Gasteiger partial charge in [0, 0.05) is 36.8 Å². The molecular formula is C25H26ClF2N3O3. The minimum absolute atomic E-state index is 0.0415. The van der Waals surface area contributed by atoms with Gasteiger partial charge in [0.05, 0.1) is 12.0 Å². The SMILES string of the molecule is CC(C)(CCCC(=O)N1CCc2c(n(Cc3cc(F)c(Cl)c(F)c3)c3ncccc23)C1)C(=O)O. The smallest absolute Gasteiger partial charge is 0.309 e. The summed E-state index contributed by atoms with van der Waals surface area (Å²) in [5.41, 5.74) is 2.19. The number of benzene rings is 1. The number of nitrogens with zero attached hydrogens (tertiary/aromatic N) is 3. The molecule has 6 nitrogen and oxygen atoms in total. The molecule has 1 N–H and O–H groups in total. The molecule has 0 fully saturated rings. The van der Waals surface area contributed by atoms with E-state index in [-0.39, 0.29) is 18.9 Å². The van der Waals surface area contributed by atoms with Crippen LogP contribution in [0.4, 0.5) is 8.78 Å². The molecule has 0 atom stereocenters. The van der Waals surface area contributed by atoms with Gasteiger partial charge in [-0.3, -0.25) is 9.59 Å². The van der Waals surface area contributed by atoms with Gasteiger partial charge in [-0.1, -0.05) is 11.6 Å². The van der Waals surface area contributed by atoms with Crippen molar-refractivity contribution < 1.29 is 23.5 Å². The quantitative estimate of drug-likeness (QED) is 0.464. The van der Waals surface area contributed by atoms with Gasteiger partial charge in [-0.15, -0.1) is 0 Å². The van der Waals surface area contributed by atoms with Crippen LogP contribution in [-0.2, 0) is 29.1 Å². The number of carboxylic acid groups (broad SMARTS) is 1. The molecule has 0 unspecified atom stereocenters. The van der Waals surface area contributed by atoms with E-state index in [9.17, 15) is 23.5 Å². The third kappa shape index (κ3) is 4.64. The average Bonchev–Trinajstić information content (AvgIpc) is 3.10. The van der Waals surface area contributed by atoms with Crippen molar-refractivity contribution in [1.29, 1.82) is 0 Å². The predicted molar refractivity (Wildman–Crippen MR) is 125 cm³/mol. The number of hydrogen-bond acceptors (Lipinski definition) is 3. The van der Waals surface area contributed by atoms with E-state index < -0.39 is 28.0 Å². The number of fused-ring (bicyclic) bond motifs is 3. The molecule has 1 aromatic carbocycles. The molecule has 4 rings (SSSR count). The Morgan fingerprint density at radius 3 is 2.62 bits per heavy atom. The van der Waals surface area contributed by atoms with Crippen molar-refractivity contribution >= 4 is 34.5 Å². The molecule has 9 heteroatoms. The van der Waals surface area contributed by atoms with E-state index in [1.54, 1.807) is 24.9 Å². The highest BCUT2D eigenvalue weighted by Crippen LogP contribution is 2.32. The van der Waals surface area contributed by atoms with Crippen LogP contribution in [0.2, 0.25) is 5.02 Å². The highest BCUT2D eigenvalue weighted by atomic mass is 35.5. The summed E-state index contributed by atoms with van der Waals surface area (Å²) >= 11 is 5.64. The standard InChI is InChI=1S/C25H26ClF2N3O3/c1-25(2,24(33)34)8-3-6-21(32)30-10-7-16-17-5-4-9-29-23(17)31(20(16)14-30)13-15-11-18(27)22(26)19(28)12-15/h4-5,9,11-12H,3,6-8,10,13-14H2,1-2H3,(H,33,34). The van der Waals surface area contributed by atoms with E-state index in [1.807, 2.05) is 16.7 Å². The number of aliphatic carboxylic acids is 1. The molecular weight excluding hydrogens is 464 g/mol. The van der Waals surface area contributed by atoms with Gasteiger partial charge in [-0.05, 0) is 68.5 Å². The summed E-state index contributed by atoms with van der Waals surface area (Å²) in [6, 6.07) is 6.23. The number of carbonyl (C=O) groups is 2. The highest BCUT2D eigenvalue weighted by molar-refractivity contribution is 6.30. The van der Waals surface area contributed by atoms with Crippen molar-refractivity contribution in [3.8, 4) is 0 Å². The fourth-order valence-electron chi connectivity index (χ4n) is 4.47. The van der Waals surface area contributed by atoms with Gasteiger partial charge in [0.25, 0.3) is 0 Å². The normalized spacial score (nSPS) is 13.9. The zero-order valence-corrected chi connectivity index (χ0v) is 19.8. The Bertz CT molecular complexity index is 1250. The lowest BCUT2D eigenvalue weighted by Gasteiger charge is -2.29. The Kier molecular flexibility index (Phi) is 6.62. The molecule has 34 heavy (non-hydrogen) atoms. The number of hydrogen-bond donors (Lipinski definition) is 1.